The number of rotatable bonds is 4. The van der Waals surface area contributed by atoms with E-state index in [9.17, 15) is 4.79 Å². The molecule has 3 aromatic heterocycles. The lowest BCUT2D eigenvalue weighted by molar-refractivity contribution is -0.127. The molecule has 8 nitrogen and oxygen atoms in total. The molecule has 0 spiro atoms. The summed E-state index contributed by atoms with van der Waals surface area (Å²) in [6.45, 7) is 1.74. The molecule has 1 aromatic carbocycles. The molecule has 0 unspecified atom stereocenters. The number of piperidine rings is 1. The van der Waals surface area contributed by atoms with Gasteiger partial charge in [-0.05, 0) is 31.0 Å². The Bertz CT molecular complexity index is 1140. The van der Waals surface area contributed by atoms with Gasteiger partial charge < -0.3 is 20.9 Å². The summed E-state index contributed by atoms with van der Waals surface area (Å²) < 4.78 is 1.12. The van der Waals surface area contributed by atoms with Crippen molar-refractivity contribution in [1.82, 2.24) is 25.3 Å². The zero-order chi connectivity index (χ0) is 19.8. The Hall–Kier alpha value is -3.04. The number of thiazole rings is 1. The molecule has 1 aliphatic heterocycles. The summed E-state index contributed by atoms with van der Waals surface area (Å²) in [7, 11) is 0. The number of carbonyl (C=O) groups excluding carboxylic acids is 1. The predicted octanol–water partition coefficient (Wildman–Crippen LogP) is 2.18. The van der Waals surface area contributed by atoms with Crippen molar-refractivity contribution in [3.8, 4) is 0 Å². The second-order valence-corrected chi connectivity index (χ2v) is 8.45. The molecule has 0 saturated carbocycles. The van der Waals surface area contributed by atoms with Crippen LogP contribution in [0.5, 0.6) is 0 Å². The molecule has 1 saturated heterocycles. The number of aromatic nitrogens is 4. The number of aromatic amines is 1. The summed E-state index contributed by atoms with van der Waals surface area (Å²) in [6.07, 6.45) is 4.54. The minimum atomic E-state index is -0.878. The topological polar surface area (TPSA) is 113 Å². The van der Waals surface area contributed by atoms with Gasteiger partial charge in [0.15, 0.2) is 0 Å². The van der Waals surface area contributed by atoms with E-state index in [4.69, 9.17) is 5.73 Å². The third-order valence-corrected chi connectivity index (χ3v) is 6.52. The molecule has 9 heteroatoms. The number of carbonyl (C=O) groups is 1. The first kappa shape index (κ1) is 18.0. The molecule has 1 fully saturated rings. The van der Waals surface area contributed by atoms with Crippen LogP contribution >= 0.6 is 11.3 Å². The molecule has 5 rings (SSSR count). The average molecular weight is 408 g/mol. The molecule has 4 aromatic rings. The SMILES string of the molecule is NC1(C(=O)NCc2nc3ccccc3s2)CCN(c2ncnc3[nH]ccc23)CC1. The standard InChI is InChI=1S/C20H21N7OS/c21-20(19(28)23-11-16-26-14-3-1-2-4-15(14)29-16)6-9-27(10-7-20)18-13-5-8-22-17(13)24-12-25-18/h1-5,8,12H,6-7,9-11,21H2,(H,23,28)(H,22,24,25). The maximum absolute atomic E-state index is 12.8. The van der Waals surface area contributed by atoms with Crippen molar-refractivity contribution in [2.45, 2.75) is 24.9 Å². The number of benzene rings is 1. The fraction of sp³-hybridized carbons (Fsp3) is 0.300. The number of hydrogen-bond donors (Lipinski definition) is 3. The number of nitrogens with two attached hydrogens (primary N) is 1. The Kier molecular flexibility index (Phi) is 4.40. The third-order valence-electron chi connectivity index (χ3n) is 5.48. The van der Waals surface area contributed by atoms with Crippen molar-refractivity contribution in [2.24, 2.45) is 5.73 Å². The van der Waals surface area contributed by atoms with Crippen LogP contribution in [0, 0.1) is 0 Å². The minimum Gasteiger partial charge on any atom is -0.356 e. The smallest absolute Gasteiger partial charge is 0.240 e. The zero-order valence-corrected chi connectivity index (χ0v) is 16.6. The number of H-pyrrole nitrogens is 1. The number of nitrogens with zero attached hydrogens (tertiary/aromatic N) is 4. The number of amides is 1. The first-order valence-corrected chi connectivity index (χ1v) is 10.4. The van der Waals surface area contributed by atoms with Crippen molar-refractivity contribution in [2.75, 3.05) is 18.0 Å². The van der Waals surface area contributed by atoms with Crippen LogP contribution in [0.2, 0.25) is 0 Å². The molecule has 1 amide bonds. The monoisotopic (exact) mass is 407 g/mol. The van der Waals surface area contributed by atoms with Gasteiger partial charge in [-0.3, -0.25) is 4.79 Å². The normalized spacial score (nSPS) is 16.4. The van der Waals surface area contributed by atoms with Crippen LogP contribution in [-0.4, -0.2) is 44.5 Å². The van der Waals surface area contributed by atoms with E-state index < -0.39 is 5.54 Å². The highest BCUT2D eigenvalue weighted by Gasteiger charge is 2.38. The van der Waals surface area contributed by atoms with Crippen molar-refractivity contribution >= 4 is 44.3 Å². The van der Waals surface area contributed by atoms with Gasteiger partial charge in [-0.15, -0.1) is 11.3 Å². The molecule has 0 radical (unpaired) electrons. The van der Waals surface area contributed by atoms with Gasteiger partial charge in [0.1, 0.15) is 22.8 Å². The summed E-state index contributed by atoms with van der Waals surface area (Å²) in [5.41, 5.74) is 7.37. The van der Waals surface area contributed by atoms with E-state index in [2.05, 4.69) is 30.2 Å². The van der Waals surface area contributed by atoms with Crippen LogP contribution in [-0.2, 0) is 11.3 Å². The van der Waals surface area contributed by atoms with E-state index in [1.165, 1.54) is 0 Å². The van der Waals surface area contributed by atoms with Crippen LogP contribution in [0.3, 0.4) is 0 Å². The average Bonchev–Trinajstić information content (AvgIpc) is 3.39. The molecule has 4 heterocycles. The number of para-hydroxylation sites is 1. The van der Waals surface area contributed by atoms with Gasteiger partial charge >= 0.3 is 0 Å². The molecular formula is C20H21N7OS. The summed E-state index contributed by atoms with van der Waals surface area (Å²) in [5, 5.41) is 4.85. The van der Waals surface area contributed by atoms with Crippen molar-refractivity contribution in [3.63, 3.8) is 0 Å². The highest BCUT2D eigenvalue weighted by atomic mass is 32.1. The van der Waals surface area contributed by atoms with Gasteiger partial charge in [-0.2, -0.15) is 0 Å². The molecule has 4 N–H and O–H groups in total. The van der Waals surface area contributed by atoms with E-state index >= 15 is 0 Å². The van der Waals surface area contributed by atoms with Crippen LogP contribution in [0.25, 0.3) is 21.3 Å². The summed E-state index contributed by atoms with van der Waals surface area (Å²) in [5.74, 6) is 0.763. The van der Waals surface area contributed by atoms with Crippen molar-refractivity contribution in [1.29, 1.82) is 0 Å². The highest BCUT2D eigenvalue weighted by Crippen LogP contribution is 2.28. The summed E-state index contributed by atoms with van der Waals surface area (Å²) >= 11 is 1.59. The van der Waals surface area contributed by atoms with Gasteiger partial charge in [0.2, 0.25) is 5.91 Å². The molecule has 0 bridgehead atoms. The highest BCUT2D eigenvalue weighted by molar-refractivity contribution is 7.18. The second kappa shape index (κ2) is 7.09. The van der Waals surface area contributed by atoms with Gasteiger partial charge in [0.05, 0.1) is 27.7 Å². The van der Waals surface area contributed by atoms with E-state index in [1.807, 2.05) is 36.5 Å². The van der Waals surface area contributed by atoms with Gasteiger partial charge in [0, 0.05) is 19.3 Å². The van der Waals surface area contributed by atoms with Gasteiger partial charge in [-0.25, -0.2) is 15.0 Å². The van der Waals surface area contributed by atoms with E-state index in [0.29, 0.717) is 32.5 Å². The number of fused-ring (bicyclic) bond motifs is 2. The fourth-order valence-corrected chi connectivity index (χ4v) is 4.69. The molecule has 0 atom stereocenters. The first-order chi connectivity index (χ1) is 14.1. The lowest BCUT2D eigenvalue weighted by Gasteiger charge is -2.38. The Morgan fingerprint density at radius 3 is 2.90 bits per heavy atom. The fourth-order valence-electron chi connectivity index (χ4n) is 3.78. The number of nitrogens with one attached hydrogen (secondary N) is 2. The maximum Gasteiger partial charge on any atom is 0.240 e. The Morgan fingerprint density at radius 1 is 1.24 bits per heavy atom. The molecule has 1 aliphatic rings. The summed E-state index contributed by atoms with van der Waals surface area (Å²) in [4.78, 5) is 31.3. The predicted molar refractivity (Wildman–Crippen MR) is 114 cm³/mol. The molecular weight excluding hydrogens is 386 g/mol. The minimum absolute atomic E-state index is 0.120. The Labute approximate surface area is 171 Å². The number of hydrogen-bond acceptors (Lipinski definition) is 7. The lowest BCUT2D eigenvalue weighted by atomic mass is 9.87. The van der Waals surface area contributed by atoms with Crippen LogP contribution in [0.15, 0.2) is 42.9 Å². The quantitative estimate of drug-likeness (QED) is 0.478. The second-order valence-electron chi connectivity index (χ2n) is 7.34. The van der Waals surface area contributed by atoms with E-state index in [0.717, 1.165) is 32.1 Å². The lowest BCUT2D eigenvalue weighted by Crippen LogP contribution is -2.59. The van der Waals surface area contributed by atoms with Crippen LogP contribution in [0.1, 0.15) is 17.8 Å². The van der Waals surface area contributed by atoms with E-state index in [-0.39, 0.29) is 5.91 Å². The van der Waals surface area contributed by atoms with Gasteiger partial charge in [0.25, 0.3) is 0 Å². The largest absolute Gasteiger partial charge is 0.356 e. The first-order valence-electron chi connectivity index (χ1n) is 9.57. The zero-order valence-electron chi connectivity index (χ0n) is 15.8. The van der Waals surface area contributed by atoms with Crippen molar-refractivity contribution in [3.05, 3.63) is 47.9 Å². The summed E-state index contributed by atoms with van der Waals surface area (Å²) in [6, 6.07) is 9.94. The number of anilines is 1. The molecule has 29 heavy (non-hydrogen) atoms. The van der Waals surface area contributed by atoms with Crippen LogP contribution < -0.4 is 16.0 Å². The Balaban J connectivity index is 1.23. The Morgan fingerprint density at radius 2 is 2.07 bits per heavy atom. The van der Waals surface area contributed by atoms with E-state index in [1.54, 1.807) is 17.7 Å². The van der Waals surface area contributed by atoms with Crippen LogP contribution in [0.4, 0.5) is 5.82 Å². The molecule has 0 aliphatic carbocycles. The third kappa shape index (κ3) is 3.32. The maximum atomic E-state index is 12.8. The van der Waals surface area contributed by atoms with Gasteiger partial charge in [-0.1, -0.05) is 12.1 Å². The van der Waals surface area contributed by atoms with Crippen molar-refractivity contribution < 1.29 is 4.79 Å². The molecule has 148 valence electrons.